The van der Waals surface area contributed by atoms with Crippen LogP contribution >= 0.6 is 12.2 Å². The van der Waals surface area contributed by atoms with E-state index in [1.54, 1.807) is 0 Å². The molecule has 6 rings (SSSR count). The van der Waals surface area contributed by atoms with E-state index in [4.69, 9.17) is 21.9 Å². The molecule has 2 aromatic heterocycles. The summed E-state index contributed by atoms with van der Waals surface area (Å²) in [5, 5.41) is 4.22. The number of rotatable bonds is 6. The van der Waals surface area contributed by atoms with Crippen LogP contribution in [0.4, 0.5) is 5.69 Å². The van der Waals surface area contributed by atoms with Crippen LogP contribution in [-0.2, 0) is 0 Å². The van der Waals surface area contributed by atoms with Gasteiger partial charge in [-0.15, -0.1) is 0 Å². The van der Waals surface area contributed by atoms with Crippen molar-refractivity contribution in [1.82, 2.24) is 14.9 Å². The predicted molar refractivity (Wildman–Crippen MR) is 156 cm³/mol. The third-order valence-electron chi connectivity index (χ3n) is 7.04. The number of anilines is 1. The number of ether oxygens (including phenoxy) is 1. The number of hydrogen-bond acceptors (Lipinski definition) is 3. The SMILES string of the molecule is Cc1ccc(-n2cccc2[C@@H]2[C@H](c3ccccn3)NC(=S)N2c2ccc(Oc3ccccc3)cc2)cc1C. The molecule has 0 aliphatic carbocycles. The van der Waals surface area contributed by atoms with Crippen LogP contribution < -0.4 is 15.0 Å². The second kappa shape index (κ2) is 10.1. The number of thiocarbonyl (C=S) groups is 1. The number of pyridine rings is 1. The van der Waals surface area contributed by atoms with E-state index in [2.05, 4.69) is 83.4 Å². The number of nitrogens with zero attached hydrogens (tertiary/aromatic N) is 3. The first kappa shape index (κ1) is 23.9. The number of nitrogens with one attached hydrogen (secondary N) is 1. The molecular formula is C32H28N4OS. The van der Waals surface area contributed by atoms with Crippen molar-refractivity contribution >= 4 is 23.0 Å². The molecule has 6 heteroatoms. The lowest BCUT2D eigenvalue weighted by Gasteiger charge is -2.29. The second-order valence-corrected chi connectivity index (χ2v) is 9.86. The quantitative estimate of drug-likeness (QED) is 0.237. The van der Waals surface area contributed by atoms with E-state index < -0.39 is 0 Å². The zero-order valence-corrected chi connectivity index (χ0v) is 22.1. The van der Waals surface area contributed by atoms with Gasteiger partial charge in [0.25, 0.3) is 0 Å². The highest BCUT2D eigenvalue weighted by Crippen LogP contribution is 2.42. The van der Waals surface area contributed by atoms with Crippen LogP contribution in [0.3, 0.4) is 0 Å². The molecule has 0 amide bonds. The van der Waals surface area contributed by atoms with Gasteiger partial charge >= 0.3 is 0 Å². The summed E-state index contributed by atoms with van der Waals surface area (Å²) in [5.74, 6) is 1.58. The average Bonchev–Trinajstić information content (AvgIpc) is 3.56. The minimum atomic E-state index is -0.121. The largest absolute Gasteiger partial charge is 0.457 e. The highest BCUT2D eigenvalue weighted by molar-refractivity contribution is 7.80. The number of para-hydroxylation sites is 1. The highest BCUT2D eigenvalue weighted by atomic mass is 32.1. The number of aryl methyl sites for hydroxylation is 2. The maximum absolute atomic E-state index is 6.03. The van der Waals surface area contributed by atoms with Crippen molar-refractivity contribution in [2.45, 2.75) is 25.9 Å². The summed E-state index contributed by atoms with van der Waals surface area (Å²) in [7, 11) is 0. The Morgan fingerprint density at radius 1 is 0.763 bits per heavy atom. The topological polar surface area (TPSA) is 42.3 Å². The number of benzene rings is 3. The molecule has 0 saturated carbocycles. The molecule has 0 radical (unpaired) electrons. The smallest absolute Gasteiger partial charge is 0.174 e. The zero-order valence-electron chi connectivity index (χ0n) is 21.3. The second-order valence-electron chi connectivity index (χ2n) is 9.48. The van der Waals surface area contributed by atoms with Gasteiger partial charge in [-0.25, -0.2) is 0 Å². The van der Waals surface area contributed by atoms with Crippen LogP contribution in [0.5, 0.6) is 11.5 Å². The van der Waals surface area contributed by atoms with Crippen LogP contribution in [0, 0.1) is 13.8 Å². The fourth-order valence-corrected chi connectivity index (χ4v) is 5.32. The first-order valence-electron chi connectivity index (χ1n) is 12.7. The summed E-state index contributed by atoms with van der Waals surface area (Å²) >= 11 is 5.93. The van der Waals surface area contributed by atoms with E-state index in [9.17, 15) is 0 Å². The molecule has 1 aliphatic heterocycles. The maximum atomic E-state index is 6.03. The van der Waals surface area contributed by atoms with E-state index >= 15 is 0 Å². The fraction of sp³-hybridized carbons (Fsp3) is 0.125. The van der Waals surface area contributed by atoms with Crippen molar-refractivity contribution in [2.24, 2.45) is 0 Å². The lowest BCUT2D eigenvalue weighted by molar-refractivity contribution is 0.482. The molecule has 5 nitrogen and oxygen atoms in total. The van der Waals surface area contributed by atoms with Gasteiger partial charge in [0.15, 0.2) is 5.11 Å². The van der Waals surface area contributed by atoms with Crippen LogP contribution in [0.2, 0.25) is 0 Å². The third kappa shape index (κ3) is 4.55. The molecule has 188 valence electrons. The predicted octanol–water partition coefficient (Wildman–Crippen LogP) is 7.46. The molecule has 1 aliphatic rings. The van der Waals surface area contributed by atoms with Crippen LogP contribution in [0.1, 0.15) is 34.6 Å². The minimum absolute atomic E-state index is 0.116. The molecule has 0 spiro atoms. The van der Waals surface area contributed by atoms with Crippen molar-refractivity contribution in [3.8, 4) is 17.2 Å². The van der Waals surface area contributed by atoms with E-state index in [0.717, 1.165) is 34.3 Å². The molecule has 1 fully saturated rings. The van der Waals surface area contributed by atoms with Gasteiger partial charge in [-0.3, -0.25) is 4.98 Å². The van der Waals surface area contributed by atoms with Gasteiger partial charge in [0.1, 0.15) is 17.5 Å². The molecule has 38 heavy (non-hydrogen) atoms. The van der Waals surface area contributed by atoms with E-state index in [0.29, 0.717) is 5.11 Å². The summed E-state index contributed by atoms with van der Waals surface area (Å²) in [6, 6.07) is 34.5. The van der Waals surface area contributed by atoms with Gasteiger partial charge in [-0.2, -0.15) is 0 Å². The van der Waals surface area contributed by atoms with Gasteiger partial charge in [0.2, 0.25) is 0 Å². The molecule has 0 bridgehead atoms. The molecule has 5 aromatic rings. The highest BCUT2D eigenvalue weighted by Gasteiger charge is 2.42. The lowest BCUT2D eigenvalue weighted by atomic mass is 10.0. The molecule has 1 saturated heterocycles. The first-order chi connectivity index (χ1) is 18.6. The molecule has 3 aromatic carbocycles. The minimum Gasteiger partial charge on any atom is -0.457 e. The molecule has 1 N–H and O–H groups in total. The van der Waals surface area contributed by atoms with Gasteiger partial charge in [-0.05, 0) is 110 Å². The monoisotopic (exact) mass is 516 g/mol. The third-order valence-corrected chi connectivity index (χ3v) is 7.36. The molecule has 0 unspecified atom stereocenters. The van der Waals surface area contributed by atoms with Crippen molar-refractivity contribution in [3.05, 3.63) is 138 Å². The number of aromatic nitrogens is 2. The van der Waals surface area contributed by atoms with Crippen molar-refractivity contribution < 1.29 is 4.74 Å². The average molecular weight is 517 g/mol. The summed E-state index contributed by atoms with van der Waals surface area (Å²) in [4.78, 5) is 6.88. The van der Waals surface area contributed by atoms with Gasteiger partial charge in [0, 0.05) is 29.5 Å². The Morgan fingerprint density at radius 3 is 2.24 bits per heavy atom. The fourth-order valence-electron chi connectivity index (χ4n) is 4.98. The Bertz CT molecular complexity index is 1560. The van der Waals surface area contributed by atoms with Crippen LogP contribution in [-0.4, -0.2) is 14.7 Å². The van der Waals surface area contributed by atoms with Crippen molar-refractivity contribution in [2.75, 3.05) is 4.90 Å². The van der Waals surface area contributed by atoms with Crippen LogP contribution in [0.25, 0.3) is 5.69 Å². The summed E-state index contributed by atoms with van der Waals surface area (Å²) in [6.07, 6.45) is 3.95. The van der Waals surface area contributed by atoms with E-state index in [1.165, 1.54) is 11.1 Å². The summed E-state index contributed by atoms with van der Waals surface area (Å²) in [5.41, 5.74) is 6.71. The Morgan fingerprint density at radius 2 is 1.50 bits per heavy atom. The zero-order chi connectivity index (χ0) is 26.1. The Kier molecular flexibility index (Phi) is 6.40. The first-order valence-corrected chi connectivity index (χ1v) is 13.1. The Hall–Kier alpha value is -4.42. The Balaban J connectivity index is 1.41. The van der Waals surface area contributed by atoms with Crippen molar-refractivity contribution in [1.29, 1.82) is 0 Å². The van der Waals surface area contributed by atoms with Crippen molar-refractivity contribution in [3.63, 3.8) is 0 Å². The maximum Gasteiger partial charge on any atom is 0.174 e. The van der Waals surface area contributed by atoms with E-state index in [1.807, 2.05) is 60.8 Å². The lowest BCUT2D eigenvalue weighted by Crippen LogP contribution is -2.30. The van der Waals surface area contributed by atoms with Crippen LogP contribution in [0.15, 0.2) is 116 Å². The Labute approximate surface area is 228 Å². The summed E-state index contributed by atoms with van der Waals surface area (Å²) in [6.45, 7) is 4.29. The summed E-state index contributed by atoms with van der Waals surface area (Å²) < 4.78 is 8.28. The normalized spacial score (nSPS) is 16.9. The molecule has 3 heterocycles. The standard InChI is InChI=1S/C32H28N4OS/c1-22-13-14-25(21-23(22)2)35-20-8-12-29(35)31-30(28-11-6-7-19-33-28)34-32(38)36(31)24-15-17-27(18-16-24)37-26-9-4-3-5-10-26/h3-21,30-31H,1-2H3,(H,34,38)/t30-,31+/m0/s1. The number of hydrogen-bond donors (Lipinski definition) is 1. The molecular weight excluding hydrogens is 488 g/mol. The van der Waals surface area contributed by atoms with Gasteiger partial charge < -0.3 is 19.5 Å². The van der Waals surface area contributed by atoms with Gasteiger partial charge in [0.05, 0.1) is 11.7 Å². The van der Waals surface area contributed by atoms with E-state index in [-0.39, 0.29) is 12.1 Å². The van der Waals surface area contributed by atoms with Gasteiger partial charge in [-0.1, -0.05) is 30.3 Å². The molecule has 2 atom stereocenters.